The number of fused-ring (bicyclic) bond motifs is 1. The van der Waals surface area contributed by atoms with Crippen molar-refractivity contribution in [2.75, 3.05) is 6.79 Å². The van der Waals surface area contributed by atoms with E-state index in [4.69, 9.17) is 25.8 Å². The smallest absolute Gasteiger partial charge is 0.231 e. The summed E-state index contributed by atoms with van der Waals surface area (Å²) in [5, 5.41) is 13.3. The molecular formula is C17H17ClFNO4. The molecule has 3 rings (SSSR count). The monoisotopic (exact) mass is 353 g/mol. The Labute approximate surface area is 143 Å². The molecule has 2 aromatic carbocycles. The molecule has 0 fully saturated rings. The molecule has 0 saturated carbocycles. The molecule has 0 aliphatic carbocycles. The third-order valence-corrected chi connectivity index (χ3v) is 3.90. The Balaban J connectivity index is 1.55. The fourth-order valence-corrected chi connectivity index (χ4v) is 2.49. The fraction of sp³-hybridized carbons (Fsp3) is 0.294. The molecule has 1 aliphatic heterocycles. The van der Waals surface area contributed by atoms with Gasteiger partial charge in [-0.2, -0.15) is 0 Å². The average molecular weight is 354 g/mol. The zero-order valence-corrected chi connectivity index (χ0v) is 13.7. The standard InChI is InChI=1S/C17H17ClFNO4/c1-10(24-14-5-3-12(19)7-13(14)18)17(21)20-8-11-2-4-15-16(6-11)23-9-22-15/h2-7,10,17,20-21H,8-9H2,1H3. The minimum absolute atomic E-state index is 0.157. The van der Waals surface area contributed by atoms with Crippen molar-refractivity contribution < 1.29 is 23.7 Å². The third kappa shape index (κ3) is 3.90. The Morgan fingerprint density at radius 1 is 1.25 bits per heavy atom. The lowest BCUT2D eigenvalue weighted by Gasteiger charge is -2.22. The number of aliphatic hydroxyl groups excluding tert-OH is 1. The lowest BCUT2D eigenvalue weighted by Crippen LogP contribution is -2.40. The maximum Gasteiger partial charge on any atom is 0.231 e. The highest BCUT2D eigenvalue weighted by Gasteiger charge is 2.18. The van der Waals surface area contributed by atoms with Gasteiger partial charge in [0, 0.05) is 6.54 Å². The van der Waals surface area contributed by atoms with Gasteiger partial charge in [0.05, 0.1) is 5.02 Å². The zero-order valence-electron chi connectivity index (χ0n) is 13.0. The molecule has 2 atom stereocenters. The van der Waals surface area contributed by atoms with E-state index in [-0.39, 0.29) is 11.8 Å². The number of aliphatic hydroxyl groups is 1. The van der Waals surface area contributed by atoms with Gasteiger partial charge in [0.25, 0.3) is 0 Å². The summed E-state index contributed by atoms with van der Waals surface area (Å²) in [6, 6.07) is 9.40. The molecule has 2 aromatic rings. The van der Waals surface area contributed by atoms with Crippen LogP contribution >= 0.6 is 11.6 Å². The second-order valence-corrected chi connectivity index (χ2v) is 5.82. The predicted octanol–water partition coefficient (Wildman–Crippen LogP) is 3.08. The first-order chi connectivity index (χ1) is 11.5. The Kier molecular flexibility index (Phi) is 5.08. The van der Waals surface area contributed by atoms with Gasteiger partial charge >= 0.3 is 0 Å². The highest BCUT2D eigenvalue weighted by molar-refractivity contribution is 6.32. The SMILES string of the molecule is CC(Oc1ccc(F)cc1Cl)C(O)NCc1ccc2c(c1)OCO2. The van der Waals surface area contributed by atoms with Crippen LogP contribution in [-0.4, -0.2) is 24.2 Å². The van der Waals surface area contributed by atoms with Crippen LogP contribution in [0, 0.1) is 5.82 Å². The number of nitrogens with one attached hydrogen (secondary N) is 1. The quantitative estimate of drug-likeness (QED) is 0.781. The van der Waals surface area contributed by atoms with Crippen molar-refractivity contribution in [1.29, 1.82) is 0 Å². The highest BCUT2D eigenvalue weighted by atomic mass is 35.5. The molecule has 0 aromatic heterocycles. The summed E-state index contributed by atoms with van der Waals surface area (Å²) in [6.45, 7) is 2.33. The molecule has 1 aliphatic rings. The normalized spacial score (nSPS) is 15.2. The van der Waals surface area contributed by atoms with E-state index in [1.807, 2.05) is 18.2 Å². The minimum atomic E-state index is -0.934. The second kappa shape index (κ2) is 7.25. The number of ether oxygens (including phenoxy) is 3. The van der Waals surface area contributed by atoms with Crippen molar-refractivity contribution in [2.24, 2.45) is 0 Å². The van der Waals surface area contributed by atoms with E-state index in [2.05, 4.69) is 5.32 Å². The summed E-state index contributed by atoms with van der Waals surface area (Å²) < 4.78 is 29.2. The Bertz CT molecular complexity index is 728. The summed E-state index contributed by atoms with van der Waals surface area (Å²) in [4.78, 5) is 0. The first-order valence-electron chi connectivity index (χ1n) is 7.44. The zero-order chi connectivity index (χ0) is 17.1. The van der Waals surface area contributed by atoms with E-state index in [1.165, 1.54) is 12.1 Å². The van der Waals surface area contributed by atoms with Crippen LogP contribution in [0.2, 0.25) is 5.02 Å². The van der Waals surface area contributed by atoms with Gasteiger partial charge < -0.3 is 19.3 Å². The van der Waals surface area contributed by atoms with E-state index < -0.39 is 18.1 Å². The largest absolute Gasteiger partial charge is 0.485 e. The first kappa shape index (κ1) is 16.8. The second-order valence-electron chi connectivity index (χ2n) is 5.41. The van der Waals surface area contributed by atoms with Gasteiger partial charge in [-0.15, -0.1) is 0 Å². The van der Waals surface area contributed by atoms with E-state index in [0.29, 0.717) is 23.8 Å². The van der Waals surface area contributed by atoms with Crippen molar-refractivity contribution in [3.8, 4) is 17.2 Å². The van der Waals surface area contributed by atoms with Gasteiger partial charge in [-0.1, -0.05) is 17.7 Å². The van der Waals surface area contributed by atoms with E-state index in [9.17, 15) is 9.50 Å². The maximum absolute atomic E-state index is 13.0. The Morgan fingerprint density at radius 3 is 2.83 bits per heavy atom. The number of hydrogen-bond acceptors (Lipinski definition) is 5. The summed E-state index contributed by atoms with van der Waals surface area (Å²) >= 11 is 5.91. The molecule has 0 bridgehead atoms. The van der Waals surface area contributed by atoms with E-state index >= 15 is 0 Å². The van der Waals surface area contributed by atoms with Gasteiger partial charge in [0.15, 0.2) is 11.5 Å². The number of hydrogen-bond donors (Lipinski definition) is 2. The van der Waals surface area contributed by atoms with Crippen molar-refractivity contribution >= 4 is 11.6 Å². The molecule has 0 saturated heterocycles. The molecule has 1 heterocycles. The van der Waals surface area contributed by atoms with Crippen LogP contribution in [0.3, 0.4) is 0 Å². The number of halogens is 2. The summed E-state index contributed by atoms with van der Waals surface area (Å²) in [5.41, 5.74) is 0.935. The summed E-state index contributed by atoms with van der Waals surface area (Å²) in [6.07, 6.45) is -1.52. The number of rotatable bonds is 6. The molecule has 128 valence electrons. The van der Waals surface area contributed by atoms with E-state index in [0.717, 1.165) is 11.6 Å². The van der Waals surface area contributed by atoms with Gasteiger partial charge in [-0.25, -0.2) is 4.39 Å². The van der Waals surface area contributed by atoms with Gasteiger partial charge in [-0.05, 0) is 42.8 Å². The molecule has 2 unspecified atom stereocenters. The van der Waals surface area contributed by atoms with E-state index in [1.54, 1.807) is 6.92 Å². The molecule has 7 heteroatoms. The molecule has 24 heavy (non-hydrogen) atoms. The Morgan fingerprint density at radius 2 is 2.04 bits per heavy atom. The maximum atomic E-state index is 13.0. The minimum Gasteiger partial charge on any atom is -0.485 e. The summed E-state index contributed by atoms with van der Waals surface area (Å²) in [5.74, 6) is 1.27. The predicted molar refractivity (Wildman–Crippen MR) is 86.9 cm³/mol. The van der Waals surface area contributed by atoms with Crippen LogP contribution < -0.4 is 19.5 Å². The first-order valence-corrected chi connectivity index (χ1v) is 7.82. The Hall–Kier alpha value is -2.02. The van der Waals surface area contributed by atoms with Crippen LogP contribution in [0.1, 0.15) is 12.5 Å². The van der Waals surface area contributed by atoms with Crippen LogP contribution in [-0.2, 0) is 6.54 Å². The molecular weight excluding hydrogens is 337 g/mol. The fourth-order valence-electron chi connectivity index (χ4n) is 2.27. The van der Waals surface area contributed by atoms with Crippen LogP contribution in [0.15, 0.2) is 36.4 Å². The molecule has 0 amide bonds. The lowest BCUT2D eigenvalue weighted by molar-refractivity contribution is 0.0226. The molecule has 0 radical (unpaired) electrons. The van der Waals surface area contributed by atoms with Crippen molar-refractivity contribution in [2.45, 2.75) is 25.8 Å². The van der Waals surface area contributed by atoms with Gasteiger partial charge in [-0.3, -0.25) is 5.32 Å². The topological polar surface area (TPSA) is 60.0 Å². The van der Waals surface area contributed by atoms with Crippen molar-refractivity contribution in [1.82, 2.24) is 5.32 Å². The van der Waals surface area contributed by atoms with Crippen LogP contribution in [0.5, 0.6) is 17.2 Å². The molecule has 2 N–H and O–H groups in total. The van der Waals surface area contributed by atoms with Crippen molar-refractivity contribution in [3.63, 3.8) is 0 Å². The average Bonchev–Trinajstić information content (AvgIpc) is 3.02. The van der Waals surface area contributed by atoms with Gasteiger partial charge in [0.1, 0.15) is 23.9 Å². The van der Waals surface area contributed by atoms with Crippen LogP contribution in [0.4, 0.5) is 4.39 Å². The lowest BCUT2D eigenvalue weighted by atomic mass is 10.2. The summed E-state index contributed by atoms with van der Waals surface area (Å²) in [7, 11) is 0. The van der Waals surface area contributed by atoms with Crippen molar-refractivity contribution in [3.05, 3.63) is 52.8 Å². The highest BCUT2D eigenvalue weighted by Crippen LogP contribution is 2.32. The molecule has 5 nitrogen and oxygen atoms in total. The third-order valence-electron chi connectivity index (χ3n) is 3.60. The molecule has 0 spiro atoms. The number of benzene rings is 2. The van der Waals surface area contributed by atoms with Crippen LogP contribution in [0.25, 0.3) is 0 Å². The van der Waals surface area contributed by atoms with Gasteiger partial charge in [0.2, 0.25) is 6.79 Å².